The van der Waals surface area contributed by atoms with Crippen LogP contribution in [0.2, 0.25) is 0 Å². The summed E-state index contributed by atoms with van der Waals surface area (Å²) in [7, 11) is 3.36. The molecule has 2 fully saturated rings. The van der Waals surface area contributed by atoms with Crippen molar-refractivity contribution in [3.63, 3.8) is 0 Å². The van der Waals surface area contributed by atoms with Gasteiger partial charge in [0.1, 0.15) is 0 Å². The van der Waals surface area contributed by atoms with Crippen LogP contribution in [0.4, 0.5) is 4.79 Å². The van der Waals surface area contributed by atoms with Gasteiger partial charge in [-0.3, -0.25) is 4.79 Å². The summed E-state index contributed by atoms with van der Waals surface area (Å²) >= 11 is 0. The SMILES string of the molecule is COC(=O)c1ccc(C(=O)N2CCC(NC(=O)NC3CCN(C)C3)C2)cc1. The first-order chi connectivity index (χ1) is 13.0. The van der Waals surface area contributed by atoms with Gasteiger partial charge in [0.25, 0.3) is 5.91 Å². The van der Waals surface area contributed by atoms with E-state index in [-0.39, 0.29) is 24.0 Å². The molecule has 0 aliphatic carbocycles. The average Bonchev–Trinajstić information content (AvgIpc) is 3.29. The lowest BCUT2D eigenvalue weighted by Gasteiger charge is -2.19. The number of nitrogens with zero attached hydrogens (tertiary/aromatic N) is 2. The average molecular weight is 374 g/mol. The summed E-state index contributed by atoms with van der Waals surface area (Å²) in [5.74, 6) is -0.535. The van der Waals surface area contributed by atoms with Gasteiger partial charge in [-0.25, -0.2) is 9.59 Å². The van der Waals surface area contributed by atoms with Crippen LogP contribution in [0.3, 0.4) is 0 Å². The number of esters is 1. The maximum absolute atomic E-state index is 12.6. The molecule has 3 amide bonds. The number of carbonyl (C=O) groups excluding carboxylic acids is 3. The van der Waals surface area contributed by atoms with Gasteiger partial charge in [0.05, 0.1) is 12.7 Å². The highest BCUT2D eigenvalue weighted by Gasteiger charge is 2.29. The summed E-state index contributed by atoms with van der Waals surface area (Å²) in [6.45, 7) is 2.93. The largest absolute Gasteiger partial charge is 0.465 e. The Labute approximate surface area is 158 Å². The normalized spacial score (nSPS) is 22.5. The Morgan fingerprint density at radius 2 is 1.56 bits per heavy atom. The number of benzene rings is 1. The second-order valence-corrected chi connectivity index (χ2v) is 7.17. The number of likely N-dealkylation sites (tertiary alicyclic amines) is 2. The van der Waals surface area contributed by atoms with Crippen LogP contribution in [-0.4, -0.2) is 80.1 Å². The van der Waals surface area contributed by atoms with Crippen molar-refractivity contribution in [1.82, 2.24) is 20.4 Å². The van der Waals surface area contributed by atoms with Crippen LogP contribution >= 0.6 is 0 Å². The van der Waals surface area contributed by atoms with Gasteiger partial charge < -0.3 is 25.2 Å². The number of urea groups is 1. The molecule has 0 saturated carbocycles. The van der Waals surface area contributed by atoms with Crippen LogP contribution in [0.5, 0.6) is 0 Å². The maximum atomic E-state index is 12.6. The first-order valence-corrected chi connectivity index (χ1v) is 9.19. The fourth-order valence-corrected chi connectivity index (χ4v) is 3.58. The van der Waals surface area contributed by atoms with Crippen molar-refractivity contribution in [3.05, 3.63) is 35.4 Å². The molecule has 3 rings (SSSR count). The van der Waals surface area contributed by atoms with Crippen LogP contribution in [0, 0.1) is 0 Å². The van der Waals surface area contributed by atoms with E-state index in [1.165, 1.54) is 7.11 Å². The van der Waals surface area contributed by atoms with E-state index in [2.05, 4.69) is 20.3 Å². The lowest BCUT2D eigenvalue weighted by Crippen LogP contribution is -2.48. The minimum Gasteiger partial charge on any atom is -0.465 e. The third-order valence-electron chi connectivity index (χ3n) is 5.09. The predicted molar refractivity (Wildman–Crippen MR) is 99.7 cm³/mol. The second kappa shape index (κ2) is 8.39. The minimum absolute atomic E-state index is 0.0533. The molecule has 8 heteroatoms. The highest BCUT2D eigenvalue weighted by Crippen LogP contribution is 2.15. The van der Waals surface area contributed by atoms with E-state index < -0.39 is 5.97 Å². The van der Waals surface area contributed by atoms with Crippen LogP contribution < -0.4 is 10.6 Å². The Bertz CT molecular complexity index is 706. The summed E-state index contributed by atoms with van der Waals surface area (Å²) in [5.41, 5.74) is 0.922. The fraction of sp³-hybridized carbons (Fsp3) is 0.526. The Hall–Kier alpha value is -2.61. The summed E-state index contributed by atoms with van der Waals surface area (Å²) in [6.07, 6.45) is 1.69. The molecule has 0 aromatic heterocycles. The maximum Gasteiger partial charge on any atom is 0.337 e. The number of hydrogen-bond donors (Lipinski definition) is 2. The zero-order valence-electron chi connectivity index (χ0n) is 15.7. The zero-order chi connectivity index (χ0) is 19.4. The molecule has 146 valence electrons. The first kappa shape index (κ1) is 19.2. The minimum atomic E-state index is -0.432. The lowest BCUT2D eigenvalue weighted by atomic mass is 10.1. The van der Waals surface area contributed by atoms with Crippen molar-refractivity contribution in [2.24, 2.45) is 0 Å². The third kappa shape index (κ3) is 4.77. The number of methoxy groups -OCH3 is 1. The molecule has 2 saturated heterocycles. The molecule has 2 unspecified atom stereocenters. The molecule has 1 aromatic carbocycles. The molecular weight excluding hydrogens is 348 g/mol. The molecule has 2 N–H and O–H groups in total. The van der Waals surface area contributed by atoms with Gasteiger partial charge in [-0.05, 0) is 50.7 Å². The van der Waals surface area contributed by atoms with Gasteiger partial charge in [0.2, 0.25) is 0 Å². The molecule has 8 nitrogen and oxygen atoms in total. The molecule has 2 heterocycles. The molecule has 0 spiro atoms. The summed E-state index contributed by atoms with van der Waals surface area (Å²) in [6, 6.07) is 6.37. The highest BCUT2D eigenvalue weighted by molar-refractivity contribution is 5.96. The molecule has 0 bridgehead atoms. The Balaban J connectivity index is 1.49. The Kier molecular flexibility index (Phi) is 5.95. The lowest BCUT2D eigenvalue weighted by molar-refractivity contribution is 0.0600. The van der Waals surface area contributed by atoms with Crippen LogP contribution in [0.15, 0.2) is 24.3 Å². The third-order valence-corrected chi connectivity index (χ3v) is 5.09. The van der Waals surface area contributed by atoms with Gasteiger partial charge in [0.15, 0.2) is 0 Å². The monoisotopic (exact) mass is 374 g/mol. The number of amides is 3. The quantitative estimate of drug-likeness (QED) is 0.757. The van der Waals surface area contributed by atoms with Crippen molar-refractivity contribution < 1.29 is 19.1 Å². The number of ether oxygens (including phenoxy) is 1. The molecular formula is C19H26N4O4. The fourth-order valence-electron chi connectivity index (χ4n) is 3.58. The van der Waals surface area contributed by atoms with Crippen molar-refractivity contribution in [1.29, 1.82) is 0 Å². The van der Waals surface area contributed by atoms with E-state index >= 15 is 0 Å². The van der Waals surface area contributed by atoms with Gasteiger partial charge in [0, 0.05) is 37.3 Å². The van der Waals surface area contributed by atoms with Crippen LogP contribution in [0.25, 0.3) is 0 Å². The van der Waals surface area contributed by atoms with E-state index in [1.54, 1.807) is 29.2 Å². The molecule has 2 atom stereocenters. The Morgan fingerprint density at radius 1 is 0.963 bits per heavy atom. The molecule has 1 aromatic rings. The van der Waals surface area contributed by atoms with Crippen LogP contribution in [-0.2, 0) is 4.74 Å². The number of carbonyl (C=O) groups is 3. The molecule has 2 aliphatic rings. The first-order valence-electron chi connectivity index (χ1n) is 9.19. The van der Waals surface area contributed by atoms with E-state index in [1.807, 2.05) is 7.05 Å². The van der Waals surface area contributed by atoms with Gasteiger partial charge in [-0.15, -0.1) is 0 Å². The Morgan fingerprint density at radius 3 is 2.15 bits per heavy atom. The smallest absolute Gasteiger partial charge is 0.337 e. The van der Waals surface area contributed by atoms with Crippen molar-refractivity contribution in [2.75, 3.05) is 40.3 Å². The van der Waals surface area contributed by atoms with Crippen molar-refractivity contribution >= 4 is 17.9 Å². The van der Waals surface area contributed by atoms with Gasteiger partial charge in [-0.1, -0.05) is 0 Å². The highest BCUT2D eigenvalue weighted by atomic mass is 16.5. The predicted octanol–water partition coefficient (Wildman–Crippen LogP) is 0.691. The van der Waals surface area contributed by atoms with Crippen molar-refractivity contribution in [2.45, 2.75) is 24.9 Å². The summed E-state index contributed by atoms with van der Waals surface area (Å²) < 4.78 is 4.66. The summed E-state index contributed by atoms with van der Waals surface area (Å²) in [5, 5.41) is 5.96. The number of rotatable bonds is 4. The summed E-state index contributed by atoms with van der Waals surface area (Å²) in [4.78, 5) is 40.2. The van der Waals surface area contributed by atoms with Crippen molar-refractivity contribution in [3.8, 4) is 0 Å². The van der Waals surface area contributed by atoms with Crippen LogP contribution in [0.1, 0.15) is 33.6 Å². The van der Waals surface area contributed by atoms with E-state index in [0.717, 1.165) is 25.9 Å². The topological polar surface area (TPSA) is 91.0 Å². The standard InChI is InChI=1S/C19H26N4O4/c1-22-9-7-15(11-22)20-19(26)21-16-8-10-23(12-16)17(24)13-3-5-14(6-4-13)18(25)27-2/h3-6,15-16H,7-12H2,1-2H3,(H2,20,21,26). The number of likely N-dealkylation sites (N-methyl/N-ethyl adjacent to an activating group) is 1. The number of nitrogens with one attached hydrogen (secondary N) is 2. The van der Waals surface area contributed by atoms with E-state index in [9.17, 15) is 14.4 Å². The van der Waals surface area contributed by atoms with E-state index in [0.29, 0.717) is 24.2 Å². The molecule has 2 aliphatic heterocycles. The van der Waals surface area contributed by atoms with Gasteiger partial charge >= 0.3 is 12.0 Å². The molecule has 27 heavy (non-hydrogen) atoms. The van der Waals surface area contributed by atoms with Gasteiger partial charge in [-0.2, -0.15) is 0 Å². The molecule has 0 radical (unpaired) electrons. The van der Waals surface area contributed by atoms with E-state index in [4.69, 9.17) is 0 Å². The number of hydrogen-bond acceptors (Lipinski definition) is 5. The zero-order valence-corrected chi connectivity index (χ0v) is 15.7. The second-order valence-electron chi connectivity index (χ2n) is 7.17.